The Bertz CT molecular complexity index is 563. The average Bonchev–Trinajstić information content (AvgIpc) is 2.79. The van der Waals surface area contributed by atoms with Gasteiger partial charge in [-0.05, 0) is 31.7 Å². The highest BCUT2D eigenvalue weighted by Gasteiger charge is 2.27. The van der Waals surface area contributed by atoms with Crippen molar-refractivity contribution in [2.45, 2.75) is 50.7 Å². The van der Waals surface area contributed by atoms with E-state index >= 15 is 0 Å². The third-order valence-corrected chi connectivity index (χ3v) is 5.21. The largest absolute Gasteiger partial charge is 0.493 e. The van der Waals surface area contributed by atoms with Gasteiger partial charge in [0.2, 0.25) is 0 Å². The van der Waals surface area contributed by atoms with Crippen molar-refractivity contribution in [3.63, 3.8) is 0 Å². The summed E-state index contributed by atoms with van der Waals surface area (Å²) in [6.07, 6.45) is 5.61. The Morgan fingerprint density at radius 1 is 1.25 bits per heavy atom. The van der Waals surface area contributed by atoms with Crippen LogP contribution in [0, 0.1) is 5.92 Å². The van der Waals surface area contributed by atoms with Gasteiger partial charge in [-0.1, -0.05) is 31.0 Å². The number of nitrogens with zero attached hydrogens (tertiary/aromatic N) is 1. The highest BCUT2D eigenvalue weighted by atomic mass is 16.5. The molecule has 24 heavy (non-hydrogen) atoms. The van der Waals surface area contributed by atoms with Gasteiger partial charge in [0.05, 0.1) is 18.8 Å². The Morgan fingerprint density at radius 3 is 2.88 bits per heavy atom. The Kier molecular flexibility index (Phi) is 5.61. The zero-order valence-electron chi connectivity index (χ0n) is 14.4. The minimum atomic E-state index is -0.277. The Labute approximate surface area is 144 Å². The molecule has 0 saturated heterocycles. The molecule has 0 bridgehead atoms. The minimum Gasteiger partial charge on any atom is -0.493 e. The van der Waals surface area contributed by atoms with E-state index in [2.05, 4.69) is 5.32 Å². The number of para-hydroxylation sites is 1. The molecule has 1 aliphatic heterocycles. The summed E-state index contributed by atoms with van der Waals surface area (Å²) < 4.78 is 5.76. The molecule has 3 rings (SSSR count). The number of aliphatic hydroxyl groups excluding tert-OH is 1. The smallest absolute Gasteiger partial charge is 0.317 e. The number of ether oxygens (including phenoxy) is 1. The van der Waals surface area contributed by atoms with Gasteiger partial charge in [-0.2, -0.15) is 0 Å². The molecule has 0 radical (unpaired) electrons. The highest BCUT2D eigenvalue weighted by Crippen LogP contribution is 2.31. The van der Waals surface area contributed by atoms with E-state index < -0.39 is 0 Å². The molecule has 132 valence electrons. The molecule has 5 nitrogen and oxygen atoms in total. The molecule has 1 aromatic carbocycles. The topological polar surface area (TPSA) is 61.8 Å². The standard InChI is InChI=1S/C19H28N2O3/c1-21(13-14-7-2-4-10-17(14)22)19(23)20-16-9-6-12-24-18-11-5-3-8-15(16)18/h3,5,8,11,14,16-17,22H,2,4,6-7,9-10,12-13H2,1H3,(H,20,23). The number of carbonyl (C=O) groups is 1. The summed E-state index contributed by atoms with van der Waals surface area (Å²) in [6, 6.07) is 7.83. The summed E-state index contributed by atoms with van der Waals surface area (Å²) in [5.41, 5.74) is 1.05. The average molecular weight is 332 g/mol. The summed E-state index contributed by atoms with van der Waals surface area (Å²) in [5.74, 6) is 1.06. The first kappa shape index (κ1) is 17.1. The maximum Gasteiger partial charge on any atom is 0.317 e. The third-order valence-electron chi connectivity index (χ3n) is 5.21. The van der Waals surface area contributed by atoms with Crippen molar-refractivity contribution in [2.24, 2.45) is 5.92 Å². The first-order valence-corrected chi connectivity index (χ1v) is 9.06. The number of fused-ring (bicyclic) bond motifs is 1. The van der Waals surface area contributed by atoms with Gasteiger partial charge in [0.25, 0.3) is 0 Å². The van der Waals surface area contributed by atoms with Gasteiger partial charge >= 0.3 is 6.03 Å². The van der Waals surface area contributed by atoms with Gasteiger partial charge in [-0.25, -0.2) is 4.79 Å². The lowest BCUT2D eigenvalue weighted by Crippen LogP contribution is -2.44. The van der Waals surface area contributed by atoms with Crippen LogP contribution in [0.25, 0.3) is 0 Å². The number of carbonyl (C=O) groups excluding carboxylic acids is 1. The summed E-state index contributed by atoms with van der Waals surface area (Å²) >= 11 is 0. The van der Waals surface area contributed by atoms with E-state index in [1.807, 2.05) is 31.3 Å². The van der Waals surface area contributed by atoms with Crippen LogP contribution in [0.5, 0.6) is 5.75 Å². The van der Waals surface area contributed by atoms with Crippen LogP contribution in [0.2, 0.25) is 0 Å². The number of benzene rings is 1. The van der Waals surface area contributed by atoms with Crippen LogP contribution in [0.4, 0.5) is 4.79 Å². The van der Waals surface area contributed by atoms with Crippen LogP contribution in [0.1, 0.15) is 50.1 Å². The van der Waals surface area contributed by atoms with Crippen LogP contribution >= 0.6 is 0 Å². The predicted octanol–water partition coefficient (Wildman–Crippen LogP) is 3.09. The monoisotopic (exact) mass is 332 g/mol. The number of nitrogens with one attached hydrogen (secondary N) is 1. The Morgan fingerprint density at radius 2 is 2.04 bits per heavy atom. The van der Waals surface area contributed by atoms with E-state index in [1.165, 1.54) is 0 Å². The van der Waals surface area contributed by atoms with Crippen molar-refractivity contribution < 1.29 is 14.6 Å². The molecule has 2 N–H and O–H groups in total. The van der Waals surface area contributed by atoms with E-state index in [0.717, 1.165) is 49.8 Å². The fourth-order valence-electron chi connectivity index (χ4n) is 3.77. The van der Waals surface area contributed by atoms with Crippen molar-refractivity contribution in [2.75, 3.05) is 20.2 Å². The van der Waals surface area contributed by atoms with Crippen molar-refractivity contribution in [3.8, 4) is 5.75 Å². The van der Waals surface area contributed by atoms with E-state index in [0.29, 0.717) is 13.2 Å². The maximum absolute atomic E-state index is 12.6. The second-order valence-corrected chi connectivity index (χ2v) is 7.02. The van der Waals surface area contributed by atoms with Crippen LogP contribution in [-0.2, 0) is 0 Å². The quantitative estimate of drug-likeness (QED) is 0.894. The zero-order valence-corrected chi connectivity index (χ0v) is 14.4. The van der Waals surface area contributed by atoms with E-state index in [-0.39, 0.29) is 24.1 Å². The summed E-state index contributed by atoms with van der Waals surface area (Å²) in [7, 11) is 1.82. The molecular formula is C19H28N2O3. The SMILES string of the molecule is CN(CC1CCCCC1O)C(=O)NC1CCCOc2ccccc21. The van der Waals surface area contributed by atoms with E-state index in [4.69, 9.17) is 4.74 Å². The molecule has 5 heteroatoms. The van der Waals surface area contributed by atoms with E-state index in [1.54, 1.807) is 4.90 Å². The van der Waals surface area contributed by atoms with Crippen LogP contribution in [0.3, 0.4) is 0 Å². The number of hydrogen-bond donors (Lipinski definition) is 2. The van der Waals surface area contributed by atoms with Crippen molar-refractivity contribution in [1.29, 1.82) is 0 Å². The van der Waals surface area contributed by atoms with Crippen LogP contribution < -0.4 is 10.1 Å². The maximum atomic E-state index is 12.6. The molecule has 2 amide bonds. The van der Waals surface area contributed by atoms with E-state index in [9.17, 15) is 9.90 Å². The number of rotatable bonds is 3. The molecule has 1 aliphatic carbocycles. The predicted molar refractivity (Wildman–Crippen MR) is 93.0 cm³/mol. The van der Waals surface area contributed by atoms with Gasteiger partial charge in [0.1, 0.15) is 5.75 Å². The lowest BCUT2D eigenvalue weighted by Gasteiger charge is -2.32. The third kappa shape index (κ3) is 4.01. The molecule has 3 atom stereocenters. The molecule has 1 heterocycles. The molecule has 1 aromatic rings. The molecule has 1 saturated carbocycles. The van der Waals surface area contributed by atoms with Gasteiger partial charge in [-0.3, -0.25) is 0 Å². The molecule has 1 fully saturated rings. The number of hydrogen-bond acceptors (Lipinski definition) is 3. The van der Waals surface area contributed by atoms with Crippen LogP contribution in [-0.4, -0.2) is 42.3 Å². The normalized spacial score (nSPS) is 26.7. The number of urea groups is 1. The van der Waals surface area contributed by atoms with Crippen molar-refractivity contribution in [1.82, 2.24) is 10.2 Å². The highest BCUT2D eigenvalue weighted by molar-refractivity contribution is 5.74. The fourth-order valence-corrected chi connectivity index (χ4v) is 3.77. The fraction of sp³-hybridized carbons (Fsp3) is 0.632. The molecule has 3 unspecified atom stereocenters. The first-order chi connectivity index (χ1) is 11.6. The summed E-state index contributed by atoms with van der Waals surface area (Å²) in [5, 5.41) is 13.3. The molecule has 0 aromatic heterocycles. The lowest BCUT2D eigenvalue weighted by atomic mass is 9.86. The van der Waals surface area contributed by atoms with Gasteiger partial charge in [-0.15, -0.1) is 0 Å². The number of aliphatic hydroxyl groups is 1. The minimum absolute atomic E-state index is 0.0186. The molecule has 2 aliphatic rings. The van der Waals surface area contributed by atoms with Gasteiger partial charge in [0, 0.05) is 25.1 Å². The first-order valence-electron chi connectivity index (χ1n) is 9.06. The van der Waals surface area contributed by atoms with Crippen molar-refractivity contribution in [3.05, 3.63) is 29.8 Å². The second kappa shape index (κ2) is 7.88. The Balaban J connectivity index is 1.61. The Hall–Kier alpha value is -1.75. The molecule has 0 spiro atoms. The van der Waals surface area contributed by atoms with Crippen molar-refractivity contribution >= 4 is 6.03 Å². The number of amides is 2. The van der Waals surface area contributed by atoms with Gasteiger partial charge < -0.3 is 20.1 Å². The van der Waals surface area contributed by atoms with Gasteiger partial charge in [0.15, 0.2) is 0 Å². The molecular weight excluding hydrogens is 304 g/mol. The second-order valence-electron chi connectivity index (χ2n) is 7.02. The lowest BCUT2D eigenvalue weighted by molar-refractivity contribution is 0.0562. The summed E-state index contributed by atoms with van der Waals surface area (Å²) in [4.78, 5) is 14.3. The zero-order chi connectivity index (χ0) is 16.9. The summed E-state index contributed by atoms with van der Waals surface area (Å²) in [6.45, 7) is 1.30. The van der Waals surface area contributed by atoms with Crippen LogP contribution in [0.15, 0.2) is 24.3 Å².